The molecule has 0 heterocycles. The molecule has 0 amide bonds. The van der Waals surface area contributed by atoms with Gasteiger partial charge in [0.2, 0.25) is 0 Å². The molecule has 1 aromatic carbocycles. The van der Waals surface area contributed by atoms with Crippen molar-refractivity contribution in [3.8, 4) is 0 Å². The van der Waals surface area contributed by atoms with Crippen LogP contribution in [0.4, 0.5) is 5.69 Å². The van der Waals surface area contributed by atoms with Crippen molar-refractivity contribution in [1.29, 1.82) is 0 Å². The lowest BCUT2D eigenvalue weighted by atomic mass is 10.1. The Hall–Kier alpha value is -1.06. The first-order valence-corrected chi connectivity index (χ1v) is 8.60. The molecule has 0 aliphatic heterocycles. The summed E-state index contributed by atoms with van der Waals surface area (Å²) >= 11 is 0. The molecule has 0 bridgehead atoms. The van der Waals surface area contributed by atoms with Crippen LogP contribution in [0.15, 0.2) is 30.3 Å². The lowest BCUT2D eigenvalue weighted by molar-refractivity contribution is 0.538. The van der Waals surface area contributed by atoms with E-state index in [0.29, 0.717) is 0 Å². The molecule has 21 heavy (non-hydrogen) atoms. The summed E-state index contributed by atoms with van der Waals surface area (Å²) in [6.45, 7) is 0.845. The minimum atomic E-state index is 0.0728. The average Bonchev–Trinajstić information content (AvgIpc) is 2.50. The second-order valence-electron chi connectivity index (χ2n) is 5.88. The highest BCUT2D eigenvalue weighted by molar-refractivity contribution is 5.42. The summed E-state index contributed by atoms with van der Waals surface area (Å²) in [5, 5.41) is 3.34. The number of hydrogen-bond acceptors (Lipinski definition) is 3. The zero-order chi connectivity index (χ0) is 15.2. The molecule has 0 aromatic heterocycles. The van der Waals surface area contributed by atoms with Crippen LogP contribution in [-0.4, -0.2) is 12.7 Å². The summed E-state index contributed by atoms with van der Waals surface area (Å²) in [6, 6.07) is 10.2. The van der Waals surface area contributed by atoms with Gasteiger partial charge in [-0.1, -0.05) is 69.6 Å². The number of nitrogens with one attached hydrogen (secondary N) is 1. The lowest BCUT2D eigenvalue weighted by Crippen LogP contribution is -2.29. The zero-order valence-corrected chi connectivity index (χ0v) is 13.4. The predicted octanol–water partition coefficient (Wildman–Crippen LogP) is 4.24. The SMILES string of the molecule is NCCCCCCCCCCCC(N)Nc1ccccc1. The van der Waals surface area contributed by atoms with E-state index in [9.17, 15) is 0 Å². The Balaban J connectivity index is 1.87. The van der Waals surface area contributed by atoms with Gasteiger partial charge in [0.15, 0.2) is 0 Å². The Labute approximate surface area is 130 Å². The van der Waals surface area contributed by atoms with Crippen molar-refractivity contribution in [2.45, 2.75) is 70.4 Å². The van der Waals surface area contributed by atoms with E-state index in [4.69, 9.17) is 11.5 Å². The molecule has 0 saturated carbocycles. The Morgan fingerprint density at radius 3 is 1.86 bits per heavy atom. The first-order valence-electron chi connectivity index (χ1n) is 8.60. The number of para-hydroxylation sites is 1. The number of benzene rings is 1. The highest BCUT2D eigenvalue weighted by atomic mass is 15.0. The van der Waals surface area contributed by atoms with Crippen LogP contribution < -0.4 is 16.8 Å². The second-order valence-corrected chi connectivity index (χ2v) is 5.88. The fourth-order valence-electron chi connectivity index (χ4n) is 2.57. The number of anilines is 1. The molecule has 0 aliphatic rings. The van der Waals surface area contributed by atoms with E-state index in [1.165, 1.54) is 57.8 Å². The number of unbranched alkanes of at least 4 members (excludes halogenated alkanes) is 8. The topological polar surface area (TPSA) is 64.1 Å². The molecular formula is C18H33N3. The van der Waals surface area contributed by atoms with Crippen molar-refractivity contribution in [3.05, 3.63) is 30.3 Å². The Morgan fingerprint density at radius 1 is 0.762 bits per heavy atom. The average molecular weight is 291 g/mol. The largest absolute Gasteiger partial charge is 0.370 e. The third-order valence-electron chi connectivity index (χ3n) is 3.85. The molecule has 0 radical (unpaired) electrons. The Bertz CT molecular complexity index is 326. The first kappa shape index (κ1) is 18.0. The molecular weight excluding hydrogens is 258 g/mol. The van der Waals surface area contributed by atoms with E-state index in [1.54, 1.807) is 0 Å². The molecule has 3 nitrogen and oxygen atoms in total. The highest BCUT2D eigenvalue weighted by Gasteiger charge is 2.01. The Kier molecular flexibility index (Phi) is 10.8. The van der Waals surface area contributed by atoms with Gasteiger partial charge >= 0.3 is 0 Å². The summed E-state index contributed by atoms with van der Waals surface area (Å²) in [7, 11) is 0. The maximum Gasteiger partial charge on any atom is 0.0743 e. The van der Waals surface area contributed by atoms with Crippen molar-refractivity contribution in [2.75, 3.05) is 11.9 Å². The summed E-state index contributed by atoms with van der Waals surface area (Å²) in [5.74, 6) is 0. The molecule has 5 N–H and O–H groups in total. The summed E-state index contributed by atoms with van der Waals surface area (Å²) in [6.07, 6.45) is 12.9. The van der Waals surface area contributed by atoms with Crippen LogP contribution in [0.5, 0.6) is 0 Å². The van der Waals surface area contributed by atoms with E-state index in [1.807, 2.05) is 18.2 Å². The van der Waals surface area contributed by atoms with Gasteiger partial charge in [-0.25, -0.2) is 0 Å². The van der Waals surface area contributed by atoms with E-state index in [-0.39, 0.29) is 6.17 Å². The standard InChI is InChI=1S/C18H33N3/c19-16-12-7-5-3-1-2-4-6-11-15-18(20)21-17-13-9-8-10-14-17/h8-10,13-14,18,21H,1-7,11-12,15-16,19-20H2. The van der Waals surface area contributed by atoms with Crippen molar-refractivity contribution < 1.29 is 0 Å². The highest BCUT2D eigenvalue weighted by Crippen LogP contribution is 2.12. The normalized spacial score (nSPS) is 12.3. The minimum Gasteiger partial charge on any atom is -0.370 e. The fourth-order valence-corrected chi connectivity index (χ4v) is 2.57. The van der Waals surface area contributed by atoms with Gasteiger partial charge in [0.25, 0.3) is 0 Å². The summed E-state index contributed by atoms with van der Waals surface area (Å²) < 4.78 is 0. The van der Waals surface area contributed by atoms with E-state index < -0.39 is 0 Å². The van der Waals surface area contributed by atoms with Gasteiger partial charge in [-0.05, 0) is 31.5 Å². The van der Waals surface area contributed by atoms with Gasteiger partial charge in [-0.3, -0.25) is 0 Å². The van der Waals surface area contributed by atoms with Gasteiger partial charge in [-0.2, -0.15) is 0 Å². The van der Waals surface area contributed by atoms with Gasteiger partial charge < -0.3 is 16.8 Å². The van der Waals surface area contributed by atoms with E-state index in [0.717, 1.165) is 18.7 Å². The molecule has 1 atom stereocenters. The molecule has 0 spiro atoms. The van der Waals surface area contributed by atoms with Crippen LogP contribution in [-0.2, 0) is 0 Å². The second kappa shape index (κ2) is 12.7. The summed E-state index contributed by atoms with van der Waals surface area (Å²) in [5.41, 5.74) is 12.7. The number of nitrogens with two attached hydrogens (primary N) is 2. The molecule has 1 unspecified atom stereocenters. The van der Waals surface area contributed by atoms with Crippen molar-refractivity contribution in [2.24, 2.45) is 11.5 Å². The third kappa shape index (κ3) is 10.3. The van der Waals surface area contributed by atoms with Crippen molar-refractivity contribution in [3.63, 3.8) is 0 Å². The lowest BCUT2D eigenvalue weighted by Gasteiger charge is -2.14. The van der Waals surface area contributed by atoms with Gasteiger partial charge in [0.05, 0.1) is 6.17 Å². The zero-order valence-electron chi connectivity index (χ0n) is 13.4. The number of hydrogen-bond donors (Lipinski definition) is 3. The maximum atomic E-state index is 6.09. The van der Waals surface area contributed by atoms with E-state index >= 15 is 0 Å². The van der Waals surface area contributed by atoms with Gasteiger partial charge in [0.1, 0.15) is 0 Å². The molecule has 0 aliphatic carbocycles. The minimum absolute atomic E-state index is 0.0728. The van der Waals surface area contributed by atoms with Crippen molar-refractivity contribution in [1.82, 2.24) is 0 Å². The van der Waals surface area contributed by atoms with Gasteiger partial charge in [0, 0.05) is 5.69 Å². The maximum absolute atomic E-state index is 6.09. The van der Waals surface area contributed by atoms with Crippen LogP contribution >= 0.6 is 0 Å². The first-order chi connectivity index (χ1) is 10.3. The van der Waals surface area contributed by atoms with Crippen LogP contribution in [0.1, 0.15) is 64.2 Å². The predicted molar refractivity (Wildman–Crippen MR) is 93.3 cm³/mol. The molecule has 0 fully saturated rings. The molecule has 1 aromatic rings. The molecule has 3 heteroatoms. The van der Waals surface area contributed by atoms with E-state index in [2.05, 4.69) is 17.4 Å². The van der Waals surface area contributed by atoms with Gasteiger partial charge in [-0.15, -0.1) is 0 Å². The number of rotatable bonds is 13. The van der Waals surface area contributed by atoms with Crippen molar-refractivity contribution >= 4 is 5.69 Å². The Morgan fingerprint density at radius 2 is 1.29 bits per heavy atom. The van der Waals surface area contributed by atoms with Crippen LogP contribution in [0, 0.1) is 0 Å². The van der Waals surface area contributed by atoms with Crippen LogP contribution in [0.3, 0.4) is 0 Å². The summed E-state index contributed by atoms with van der Waals surface area (Å²) in [4.78, 5) is 0. The van der Waals surface area contributed by atoms with Crippen LogP contribution in [0.25, 0.3) is 0 Å². The quantitative estimate of drug-likeness (QED) is 0.376. The van der Waals surface area contributed by atoms with Crippen LogP contribution in [0.2, 0.25) is 0 Å². The molecule has 0 saturated heterocycles. The fraction of sp³-hybridized carbons (Fsp3) is 0.667. The monoisotopic (exact) mass is 291 g/mol. The molecule has 120 valence electrons. The molecule has 1 rings (SSSR count). The smallest absolute Gasteiger partial charge is 0.0743 e. The third-order valence-corrected chi connectivity index (χ3v) is 3.85.